The highest BCUT2D eigenvalue weighted by Crippen LogP contribution is 2.39. The van der Waals surface area contributed by atoms with Crippen LogP contribution in [0, 0.1) is 11.7 Å². The maximum absolute atomic E-state index is 13.9. The molecule has 4 rings (SSSR count). The number of sulfonamides is 1. The highest BCUT2D eigenvalue weighted by molar-refractivity contribution is 7.89. The standard InChI is InChI=1S/C18H22FN3O3S/c19-15-3-1-2-4-16(15)26(23,24)22-11-9-13(10-12-22)5-8-17-20-18(25-21-17)14-6-7-14/h1-4,13-14H,5-12H2. The van der Waals surface area contributed by atoms with E-state index in [1.807, 2.05) is 0 Å². The van der Waals surface area contributed by atoms with E-state index in [2.05, 4.69) is 10.1 Å². The van der Waals surface area contributed by atoms with Crippen molar-refractivity contribution >= 4 is 10.0 Å². The van der Waals surface area contributed by atoms with E-state index in [0.29, 0.717) is 24.9 Å². The van der Waals surface area contributed by atoms with Crippen LogP contribution in [-0.4, -0.2) is 36.0 Å². The van der Waals surface area contributed by atoms with Crippen molar-refractivity contribution in [2.45, 2.75) is 49.3 Å². The lowest BCUT2D eigenvalue weighted by molar-refractivity contribution is 0.261. The van der Waals surface area contributed by atoms with Crippen molar-refractivity contribution in [1.82, 2.24) is 14.4 Å². The van der Waals surface area contributed by atoms with Gasteiger partial charge in [-0.1, -0.05) is 17.3 Å². The van der Waals surface area contributed by atoms with Gasteiger partial charge in [0.2, 0.25) is 15.9 Å². The van der Waals surface area contributed by atoms with Gasteiger partial charge in [-0.3, -0.25) is 0 Å². The summed E-state index contributed by atoms with van der Waals surface area (Å²) in [6, 6.07) is 5.54. The lowest BCUT2D eigenvalue weighted by Crippen LogP contribution is -2.38. The molecule has 8 heteroatoms. The Balaban J connectivity index is 1.31. The minimum Gasteiger partial charge on any atom is -0.339 e. The number of nitrogens with zero attached hydrogens (tertiary/aromatic N) is 3. The maximum Gasteiger partial charge on any atom is 0.245 e. The molecular weight excluding hydrogens is 357 g/mol. The molecule has 0 amide bonds. The third kappa shape index (κ3) is 3.66. The van der Waals surface area contributed by atoms with E-state index < -0.39 is 15.8 Å². The van der Waals surface area contributed by atoms with Crippen molar-refractivity contribution < 1.29 is 17.3 Å². The Morgan fingerprint density at radius 3 is 2.58 bits per heavy atom. The van der Waals surface area contributed by atoms with Crippen molar-refractivity contribution in [3.8, 4) is 0 Å². The lowest BCUT2D eigenvalue weighted by Gasteiger charge is -2.31. The van der Waals surface area contributed by atoms with Crippen LogP contribution in [0.15, 0.2) is 33.7 Å². The predicted octanol–water partition coefficient (Wildman–Crippen LogP) is 3.12. The fourth-order valence-electron chi connectivity index (χ4n) is 3.43. The van der Waals surface area contributed by atoms with Crippen molar-refractivity contribution in [3.05, 3.63) is 41.8 Å². The summed E-state index contributed by atoms with van der Waals surface area (Å²) < 4.78 is 45.8. The number of hydrogen-bond donors (Lipinski definition) is 0. The van der Waals surface area contributed by atoms with Crippen molar-refractivity contribution in [3.63, 3.8) is 0 Å². The van der Waals surface area contributed by atoms with Gasteiger partial charge in [0.15, 0.2) is 5.82 Å². The third-order valence-corrected chi connectivity index (χ3v) is 7.15. The molecule has 0 bridgehead atoms. The Hall–Kier alpha value is -1.80. The monoisotopic (exact) mass is 379 g/mol. The van der Waals surface area contributed by atoms with E-state index in [1.54, 1.807) is 6.07 Å². The number of hydrogen-bond acceptors (Lipinski definition) is 5. The summed E-state index contributed by atoms with van der Waals surface area (Å²) in [7, 11) is -3.76. The van der Waals surface area contributed by atoms with Gasteiger partial charge in [-0.25, -0.2) is 12.8 Å². The average Bonchev–Trinajstić information content (AvgIpc) is 3.39. The fourth-order valence-corrected chi connectivity index (χ4v) is 4.96. The molecular formula is C18H22FN3O3S. The largest absolute Gasteiger partial charge is 0.339 e. The summed E-state index contributed by atoms with van der Waals surface area (Å²) in [5.41, 5.74) is 0. The Kier molecular flexibility index (Phi) is 4.79. The summed E-state index contributed by atoms with van der Waals surface area (Å²) in [5, 5.41) is 4.03. The van der Waals surface area contributed by atoms with E-state index >= 15 is 0 Å². The molecule has 140 valence electrons. The third-order valence-electron chi connectivity index (χ3n) is 5.21. The zero-order chi connectivity index (χ0) is 18.1. The zero-order valence-electron chi connectivity index (χ0n) is 14.5. The van der Waals surface area contributed by atoms with Gasteiger partial charge in [0.25, 0.3) is 0 Å². The molecule has 2 aromatic rings. The quantitative estimate of drug-likeness (QED) is 0.771. The normalized spacial score (nSPS) is 19.7. The topological polar surface area (TPSA) is 76.3 Å². The Labute approximate surface area is 152 Å². The van der Waals surface area contributed by atoms with Crippen LogP contribution in [0.5, 0.6) is 0 Å². The first-order valence-corrected chi connectivity index (χ1v) is 10.5. The van der Waals surface area contributed by atoms with E-state index in [1.165, 1.54) is 22.5 Å². The number of piperidine rings is 1. The molecule has 1 saturated carbocycles. The van der Waals surface area contributed by atoms with Crippen LogP contribution in [0.4, 0.5) is 4.39 Å². The Morgan fingerprint density at radius 1 is 1.15 bits per heavy atom. The van der Waals surface area contributed by atoms with E-state index in [9.17, 15) is 12.8 Å². The zero-order valence-corrected chi connectivity index (χ0v) is 15.3. The maximum atomic E-state index is 13.9. The number of benzene rings is 1. The molecule has 1 saturated heterocycles. The van der Waals surface area contributed by atoms with Gasteiger partial charge in [-0.2, -0.15) is 9.29 Å². The second-order valence-corrected chi connectivity index (χ2v) is 9.05. The number of aryl methyl sites for hydroxylation is 1. The molecule has 0 spiro atoms. The van der Waals surface area contributed by atoms with Crippen LogP contribution in [0.25, 0.3) is 0 Å². The lowest BCUT2D eigenvalue weighted by atomic mass is 9.93. The molecule has 1 aliphatic heterocycles. The van der Waals surface area contributed by atoms with Gasteiger partial charge >= 0.3 is 0 Å². The average molecular weight is 379 g/mol. The van der Waals surface area contributed by atoms with Crippen LogP contribution in [0.3, 0.4) is 0 Å². The molecule has 1 aromatic carbocycles. The van der Waals surface area contributed by atoms with Crippen LogP contribution in [0.2, 0.25) is 0 Å². The summed E-state index contributed by atoms with van der Waals surface area (Å²) >= 11 is 0. The van der Waals surface area contributed by atoms with Crippen LogP contribution in [0.1, 0.15) is 49.7 Å². The molecule has 0 radical (unpaired) electrons. The van der Waals surface area contributed by atoms with Crippen molar-refractivity contribution in [2.75, 3.05) is 13.1 Å². The van der Waals surface area contributed by atoms with Crippen LogP contribution in [-0.2, 0) is 16.4 Å². The molecule has 1 aromatic heterocycles. The summed E-state index contributed by atoms with van der Waals surface area (Å²) in [6.07, 6.45) is 5.47. The second-order valence-electron chi connectivity index (χ2n) is 7.14. The molecule has 2 heterocycles. The molecule has 26 heavy (non-hydrogen) atoms. The SMILES string of the molecule is O=S(=O)(c1ccccc1F)N1CCC(CCc2noc(C3CC3)n2)CC1. The Morgan fingerprint density at radius 2 is 1.88 bits per heavy atom. The number of halogens is 1. The number of rotatable bonds is 6. The molecule has 2 aliphatic rings. The molecule has 0 atom stereocenters. The Bertz CT molecular complexity index is 871. The van der Waals surface area contributed by atoms with Gasteiger partial charge in [-0.05, 0) is 50.2 Å². The van der Waals surface area contributed by atoms with Gasteiger partial charge in [0, 0.05) is 25.4 Å². The molecule has 0 unspecified atom stereocenters. The highest BCUT2D eigenvalue weighted by atomic mass is 32.2. The first-order chi connectivity index (χ1) is 12.5. The van der Waals surface area contributed by atoms with Crippen LogP contribution < -0.4 is 0 Å². The fraction of sp³-hybridized carbons (Fsp3) is 0.556. The minimum atomic E-state index is -3.76. The van der Waals surface area contributed by atoms with Crippen molar-refractivity contribution in [2.24, 2.45) is 5.92 Å². The number of aromatic nitrogens is 2. The minimum absolute atomic E-state index is 0.238. The first kappa shape index (κ1) is 17.6. The van der Waals surface area contributed by atoms with E-state index in [4.69, 9.17) is 4.52 Å². The van der Waals surface area contributed by atoms with E-state index in [0.717, 1.165) is 50.2 Å². The molecule has 0 N–H and O–H groups in total. The van der Waals surface area contributed by atoms with Crippen LogP contribution >= 0.6 is 0 Å². The van der Waals surface area contributed by atoms with Crippen molar-refractivity contribution in [1.29, 1.82) is 0 Å². The smallest absolute Gasteiger partial charge is 0.245 e. The molecule has 2 fully saturated rings. The first-order valence-electron chi connectivity index (χ1n) is 9.11. The summed E-state index contributed by atoms with van der Waals surface area (Å²) in [5.74, 6) is 1.69. The highest BCUT2D eigenvalue weighted by Gasteiger charge is 2.32. The van der Waals surface area contributed by atoms with Gasteiger partial charge < -0.3 is 4.52 Å². The van der Waals surface area contributed by atoms with Gasteiger partial charge in [0.1, 0.15) is 10.7 Å². The second kappa shape index (κ2) is 7.08. The van der Waals surface area contributed by atoms with Gasteiger partial charge in [-0.15, -0.1) is 0 Å². The van der Waals surface area contributed by atoms with E-state index in [-0.39, 0.29) is 4.90 Å². The van der Waals surface area contributed by atoms with Gasteiger partial charge in [0.05, 0.1) is 0 Å². The summed E-state index contributed by atoms with van der Waals surface area (Å²) in [6.45, 7) is 0.835. The molecule has 6 nitrogen and oxygen atoms in total. The summed E-state index contributed by atoms with van der Waals surface area (Å²) in [4.78, 5) is 4.20. The molecule has 1 aliphatic carbocycles. The predicted molar refractivity (Wildman–Crippen MR) is 92.5 cm³/mol.